The highest BCUT2D eigenvalue weighted by molar-refractivity contribution is 5.43. The summed E-state index contributed by atoms with van der Waals surface area (Å²) in [6.45, 7) is 0. The van der Waals surface area contributed by atoms with E-state index in [1.807, 2.05) is 24.3 Å². The van der Waals surface area contributed by atoms with Crippen LogP contribution >= 0.6 is 0 Å². The van der Waals surface area contributed by atoms with Gasteiger partial charge in [-0.05, 0) is 24.1 Å². The molecule has 0 heterocycles. The average molecular weight is 149 g/mol. The van der Waals surface area contributed by atoms with E-state index in [4.69, 9.17) is 10.8 Å². The number of aliphatic hydroxyl groups excluding tert-OH is 1. The highest BCUT2D eigenvalue weighted by Gasteiger charge is 2.36. The largest absolute Gasteiger partial charge is 0.399 e. The Hall–Kier alpha value is -1.02. The summed E-state index contributed by atoms with van der Waals surface area (Å²) >= 11 is 0. The van der Waals surface area contributed by atoms with Crippen LogP contribution in [0.15, 0.2) is 24.3 Å². The maximum Gasteiger partial charge on any atom is 0.0616 e. The Bertz CT molecular complexity index is 272. The molecule has 1 aliphatic carbocycles. The number of nitrogen functional groups attached to an aromatic ring is 1. The lowest BCUT2D eigenvalue weighted by Crippen LogP contribution is -1.89. The van der Waals surface area contributed by atoms with Crippen molar-refractivity contribution < 1.29 is 5.11 Å². The Morgan fingerprint density at radius 3 is 2.73 bits per heavy atom. The predicted molar refractivity (Wildman–Crippen MR) is 44.2 cm³/mol. The van der Waals surface area contributed by atoms with E-state index in [-0.39, 0.29) is 6.10 Å². The third-order valence-corrected chi connectivity index (χ3v) is 2.10. The van der Waals surface area contributed by atoms with Gasteiger partial charge in [-0.1, -0.05) is 12.1 Å². The molecular weight excluding hydrogens is 138 g/mol. The zero-order chi connectivity index (χ0) is 7.84. The first-order valence-electron chi connectivity index (χ1n) is 3.81. The molecule has 0 bridgehead atoms. The molecule has 0 aromatic heterocycles. The fraction of sp³-hybridized carbons (Fsp3) is 0.333. The Balaban J connectivity index is 2.25. The molecule has 0 radical (unpaired) electrons. The van der Waals surface area contributed by atoms with Crippen LogP contribution < -0.4 is 5.73 Å². The van der Waals surface area contributed by atoms with Gasteiger partial charge in [-0.2, -0.15) is 0 Å². The lowest BCUT2D eigenvalue weighted by Gasteiger charge is -1.98. The topological polar surface area (TPSA) is 46.2 Å². The van der Waals surface area contributed by atoms with Crippen molar-refractivity contribution in [3.05, 3.63) is 29.8 Å². The lowest BCUT2D eigenvalue weighted by atomic mass is 10.1. The van der Waals surface area contributed by atoms with E-state index in [9.17, 15) is 0 Å². The van der Waals surface area contributed by atoms with Crippen LogP contribution in [0.4, 0.5) is 5.69 Å². The molecule has 1 aromatic carbocycles. The van der Waals surface area contributed by atoms with Crippen molar-refractivity contribution in [1.82, 2.24) is 0 Å². The van der Waals surface area contributed by atoms with E-state index >= 15 is 0 Å². The molecule has 1 saturated carbocycles. The van der Waals surface area contributed by atoms with E-state index < -0.39 is 0 Å². The molecule has 0 aliphatic heterocycles. The Labute approximate surface area is 65.7 Å². The van der Waals surface area contributed by atoms with Crippen LogP contribution in [0.3, 0.4) is 0 Å². The van der Waals surface area contributed by atoms with E-state index in [2.05, 4.69) is 0 Å². The van der Waals surface area contributed by atoms with Crippen molar-refractivity contribution in [3.8, 4) is 0 Å². The van der Waals surface area contributed by atoms with Gasteiger partial charge in [-0.25, -0.2) is 0 Å². The average Bonchev–Trinajstić information content (AvgIpc) is 2.67. The molecule has 1 aliphatic rings. The number of anilines is 1. The Kier molecular flexibility index (Phi) is 1.36. The molecule has 3 N–H and O–H groups in total. The summed E-state index contributed by atoms with van der Waals surface area (Å²) in [5.41, 5.74) is 7.53. The second-order valence-electron chi connectivity index (χ2n) is 3.08. The lowest BCUT2D eigenvalue weighted by molar-refractivity contribution is 0.272. The quantitative estimate of drug-likeness (QED) is 0.588. The smallest absolute Gasteiger partial charge is 0.0616 e. The van der Waals surface area contributed by atoms with Gasteiger partial charge < -0.3 is 10.8 Å². The molecule has 0 spiro atoms. The molecule has 2 atom stereocenters. The SMILES string of the molecule is Nc1cccc(C2CC2O)c1. The maximum atomic E-state index is 9.13. The summed E-state index contributed by atoms with van der Waals surface area (Å²) in [4.78, 5) is 0. The van der Waals surface area contributed by atoms with Gasteiger partial charge >= 0.3 is 0 Å². The van der Waals surface area contributed by atoms with Gasteiger partial charge in [-0.3, -0.25) is 0 Å². The zero-order valence-corrected chi connectivity index (χ0v) is 6.20. The zero-order valence-electron chi connectivity index (χ0n) is 6.20. The third-order valence-electron chi connectivity index (χ3n) is 2.10. The number of hydrogen-bond donors (Lipinski definition) is 2. The van der Waals surface area contributed by atoms with Gasteiger partial charge in [-0.15, -0.1) is 0 Å². The summed E-state index contributed by atoms with van der Waals surface area (Å²) in [6, 6.07) is 7.73. The van der Waals surface area contributed by atoms with Gasteiger partial charge in [0.15, 0.2) is 0 Å². The van der Waals surface area contributed by atoms with Crippen molar-refractivity contribution in [2.45, 2.75) is 18.4 Å². The Morgan fingerprint density at radius 1 is 1.45 bits per heavy atom. The third kappa shape index (κ3) is 1.21. The number of benzene rings is 1. The van der Waals surface area contributed by atoms with E-state index in [1.54, 1.807) is 0 Å². The van der Waals surface area contributed by atoms with Crippen LogP contribution in [0, 0.1) is 0 Å². The van der Waals surface area contributed by atoms with Crippen LogP contribution in [-0.2, 0) is 0 Å². The van der Waals surface area contributed by atoms with Crippen molar-refractivity contribution in [3.63, 3.8) is 0 Å². The van der Waals surface area contributed by atoms with Gasteiger partial charge in [0.1, 0.15) is 0 Å². The normalized spacial score (nSPS) is 28.5. The second kappa shape index (κ2) is 2.24. The highest BCUT2D eigenvalue weighted by Crippen LogP contribution is 2.40. The van der Waals surface area contributed by atoms with E-state index in [0.29, 0.717) is 5.92 Å². The van der Waals surface area contributed by atoms with Gasteiger partial charge in [0.05, 0.1) is 6.10 Å². The van der Waals surface area contributed by atoms with E-state index in [1.165, 1.54) is 0 Å². The van der Waals surface area contributed by atoms with Crippen LogP contribution in [-0.4, -0.2) is 11.2 Å². The molecule has 1 fully saturated rings. The van der Waals surface area contributed by atoms with E-state index in [0.717, 1.165) is 17.7 Å². The van der Waals surface area contributed by atoms with Gasteiger partial charge in [0.25, 0.3) is 0 Å². The molecule has 58 valence electrons. The summed E-state index contributed by atoms with van der Waals surface area (Å²) in [6.07, 6.45) is 0.764. The molecule has 0 saturated heterocycles. The first kappa shape index (κ1) is 6.68. The Morgan fingerprint density at radius 2 is 2.18 bits per heavy atom. The van der Waals surface area contributed by atoms with Crippen molar-refractivity contribution >= 4 is 5.69 Å². The first-order valence-corrected chi connectivity index (χ1v) is 3.81. The maximum absolute atomic E-state index is 9.13. The summed E-state index contributed by atoms with van der Waals surface area (Å²) < 4.78 is 0. The molecule has 2 unspecified atom stereocenters. The van der Waals surface area contributed by atoms with Crippen LogP contribution in [0.5, 0.6) is 0 Å². The summed E-state index contributed by atoms with van der Waals surface area (Å²) in [5, 5.41) is 9.13. The van der Waals surface area contributed by atoms with Crippen molar-refractivity contribution in [2.24, 2.45) is 0 Å². The molecule has 2 rings (SSSR count). The summed E-state index contributed by atoms with van der Waals surface area (Å²) in [7, 11) is 0. The number of nitrogens with two attached hydrogens (primary N) is 1. The second-order valence-corrected chi connectivity index (χ2v) is 3.08. The highest BCUT2D eigenvalue weighted by atomic mass is 16.3. The fourth-order valence-corrected chi connectivity index (χ4v) is 1.33. The molecule has 1 aromatic rings. The number of hydrogen-bond acceptors (Lipinski definition) is 2. The van der Waals surface area contributed by atoms with Crippen LogP contribution in [0.1, 0.15) is 17.9 Å². The molecule has 2 nitrogen and oxygen atoms in total. The minimum Gasteiger partial charge on any atom is -0.399 e. The van der Waals surface area contributed by atoms with Crippen LogP contribution in [0.2, 0.25) is 0 Å². The number of rotatable bonds is 1. The monoisotopic (exact) mass is 149 g/mol. The van der Waals surface area contributed by atoms with Gasteiger partial charge in [0.2, 0.25) is 0 Å². The molecular formula is C9H11NO. The fourth-order valence-electron chi connectivity index (χ4n) is 1.33. The molecule has 11 heavy (non-hydrogen) atoms. The molecule has 2 heteroatoms. The number of aliphatic hydroxyl groups is 1. The van der Waals surface area contributed by atoms with Gasteiger partial charge in [0, 0.05) is 11.6 Å². The van der Waals surface area contributed by atoms with Crippen molar-refractivity contribution in [1.29, 1.82) is 0 Å². The molecule has 0 amide bonds. The first-order chi connectivity index (χ1) is 5.27. The summed E-state index contributed by atoms with van der Waals surface area (Å²) in [5.74, 6) is 0.346. The standard InChI is InChI=1S/C9H11NO/c10-7-3-1-2-6(4-7)8-5-9(8)11/h1-4,8-9,11H,5,10H2. The predicted octanol–water partition coefficient (Wildman–Crippen LogP) is 1.12. The minimum absolute atomic E-state index is 0.128. The minimum atomic E-state index is -0.128. The van der Waals surface area contributed by atoms with Crippen LogP contribution in [0.25, 0.3) is 0 Å². The van der Waals surface area contributed by atoms with Crippen molar-refractivity contribution in [2.75, 3.05) is 5.73 Å².